The van der Waals surface area contributed by atoms with Crippen LogP contribution in [-0.2, 0) is 4.74 Å². The van der Waals surface area contributed by atoms with Crippen molar-refractivity contribution in [2.24, 2.45) is 0 Å². The Morgan fingerprint density at radius 3 is 2.39 bits per heavy atom. The summed E-state index contributed by atoms with van der Waals surface area (Å²) in [5.74, 6) is 0.787. The van der Waals surface area contributed by atoms with E-state index in [1.165, 1.54) is 7.11 Å². The minimum Gasteiger partial charge on any atom is -0.467 e. The number of benzene rings is 2. The van der Waals surface area contributed by atoms with Crippen LogP contribution in [0.1, 0.15) is 23.2 Å². The van der Waals surface area contributed by atoms with Crippen LogP contribution < -0.4 is 20.3 Å². The molecule has 0 radical (unpaired) electrons. The van der Waals surface area contributed by atoms with Gasteiger partial charge in [-0.3, -0.25) is 4.79 Å². The van der Waals surface area contributed by atoms with Gasteiger partial charge in [-0.25, -0.2) is 0 Å². The number of aromatic nitrogens is 3. The van der Waals surface area contributed by atoms with Crippen LogP contribution in [0.2, 0.25) is 0 Å². The summed E-state index contributed by atoms with van der Waals surface area (Å²) in [4.78, 5) is 27.8. The number of anilines is 3. The Bertz CT molecular complexity index is 1110. The van der Waals surface area contributed by atoms with Crippen molar-refractivity contribution in [1.29, 1.82) is 0 Å². The Hall–Kier alpha value is -3.72. The summed E-state index contributed by atoms with van der Waals surface area (Å²) in [6, 6.07) is 15.9. The van der Waals surface area contributed by atoms with Crippen LogP contribution in [0.15, 0.2) is 48.5 Å². The van der Waals surface area contributed by atoms with E-state index in [4.69, 9.17) is 9.47 Å². The van der Waals surface area contributed by atoms with Crippen molar-refractivity contribution in [3.8, 4) is 17.4 Å². The third-order valence-electron chi connectivity index (χ3n) is 5.62. The first kappa shape index (κ1) is 21.1. The van der Waals surface area contributed by atoms with Crippen LogP contribution >= 0.6 is 0 Å². The number of carbonyl (C=O) groups is 1. The van der Waals surface area contributed by atoms with Gasteiger partial charge in [0.15, 0.2) is 5.82 Å². The molecule has 9 nitrogen and oxygen atoms in total. The van der Waals surface area contributed by atoms with E-state index in [9.17, 15) is 4.79 Å². The van der Waals surface area contributed by atoms with Gasteiger partial charge in [0, 0.05) is 41.6 Å². The van der Waals surface area contributed by atoms with Gasteiger partial charge in [0.25, 0.3) is 5.91 Å². The van der Waals surface area contributed by atoms with Crippen LogP contribution in [0.4, 0.5) is 17.3 Å². The van der Waals surface area contributed by atoms with E-state index < -0.39 is 0 Å². The zero-order valence-electron chi connectivity index (χ0n) is 18.5. The summed E-state index contributed by atoms with van der Waals surface area (Å²) in [6.07, 6.45) is 2.11. The molecule has 1 aromatic heterocycles. The molecular formula is C24H26N6O3. The van der Waals surface area contributed by atoms with Crippen molar-refractivity contribution in [3.05, 3.63) is 54.1 Å². The van der Waals surface area contributed by atoms with E-state index in [-0.39, 0.29) is 11.9 Å². The molecule has 170 valence electrons. The molecule has 2 heterocycles. The van der Waals surface area contributed by atoms with Crippen LogP contribution in [-0.4, -0.2) is 60.3 Å². The van der Waals surface area contributed by atoms with E-state index in [0.29, 0.717) is 23.4 Å². The average molecular weight is 447 g/mol. The van der Waals surface area contributed by atoms with E-state index >= 15 is 0 Å². The molecule has 0 bridgehead atoms. The van der Waals surface area contributed by atoms with Crippen molar-refractivity contribution < 1.29 is 14.3 Å². The number of nitrogens with zero attached hydrogens (tertiary/aromatic N) is 4. The van der Waals surface area contributed by atoms with E-state index in [1.54, 1.807) is 12.1 Å². The van der Waals surface area contributed by atoms with Gasteiger partial charge in [0.1, 0.15) is 0 Å². The lowest BCUT2D eigenvalue weighted by Gasteiger charge is -2.28. The molecule has 33 heavy (non-hydrogen) atoms. The van der Waals surface area contributed by atoms with Crippen LogP contribution in [0.25, 0.3) is 11.4 Å². The summed E-state index contributed by atoms with van der Waals surface area (Å²) in [5, 5.41) is 6.22. The first-order chi connectivity index (χ1) is 16.2. The minimum atomic E-state index is -0.0554. The maximum Gasteiger partial charge on any atom is 0.321 e. The molecule has 9 heteroatoms. The summed E-state index contributed by atoms with van der Waals surface area (Å²) >= 11 is 0. The number of amides is 1. The number of ether oxygens (including phenoxy) is 2. The highest BCUT2D eigenvalue weighted by Crippen LogP contribution is 2.24. The Kier molecular flexibility index (Phi) is 6.03. The molecule has 1 aliphatic carbocycles. The zero-order valence-corrected chi connectivity index (χ0v) is 18.5. The lowest BCUT2D eigenvalue weighted by molar-refractivity contribution is 0.0951. The Balaban J connectivity index is 1.32. The molecule has 1 saturated carbocycles. The fourth-order valence-electron chi connectivity index (χ4n) is 3.61. The van der Waals surface area contributed by atoms with Gasteiger partial charge in [-0.05, 0) is 49.2 Å². The molecule has 1 amide bonds. The molecule has 0 unspecified atom stereocenters. The normalized spacial score (nSPS) is 15.7. The number of hydrogen-bond donors (Lipinski definition) is 2. The predicted molar refractivity (Wildman–Crippen MR) is 125 cm³/mol. The molecule has 5 rings (SSSR count). The first-order valence-corrected chi connectivity index (χ1v) is 11.1. The molecule has 2 aliphatic rings. The molecule has 0 atom stereocenters. The second kappa shape index (κ2) is 9.41. The number of carbonyl (C=O) groups excluding carboxylic acids is 1. The van der Waals surface area contributed by atoms with Gasteiger partial charge in [-0.15, -0.1) is 0 Å². The van der Waals surface area contributed by atoms with Crippen molar-refractivity contribution in [2.45, 2.75) is 18.9 Å². The Morgan fingerprint density at radius 2 is 1.73 bits per heavy atom. The summed E-state index contributed by atoms with van der Waals surface area (Å²) in [5.41, 5.74) is 3.40. The Labute approximate surface area is 192 Å². The minimum absolute atomic E-state index is 0.0554. The van der Waals surface area contributed by atoms with Gasteiger partial charge in [0.2, 0.25) is 5.95 Å². The van der Waals surface area contributed by atoms with E-state index in [0.717, 1.165) is 56.1 Å². The number of morpholine rings is 1. The van der Waals surface area contributed by atoms with Crippen LogP contribution in [0, 0.1) is 0 Å². The summed E-state index contributed by atoms with van der Waals surface area (Å²) in [7, 11) is 1.52. The molecular weight excluding hydrogens is 420 g/mol. The van der Waals surface area contributed by atoms with E-state index in [2.05, 4.69) is 42.6 Å². The maximum atomic E-state index is 12.2. The highest BCUT2D eigenvalue weighted by atomic mass is 16.5. The zero-order chi connectivity index (χ0) is 22.6. The quantitative estimate of drug-likeness (QED) is 0.571. The van der Waals surface area contributed by atoms with Crippen molar-refractivity contribution in [1.82, 2.24) is 20.3 Å². The summed E-state index contributed by atoms with van der Waals surface area (Å²) < 4.78 is 10.7. The largest absolute Gasteiger partial charge is 0.467 e. The number of hydrogen-bond acceptors (Lipinski definition) is 8. The second-order valence-corrected chi connectivity index (χ2v) is 8.07. The van der Waals surface area contributed by atoms with Gasteiger partial charge < -0.3 is 25.0 Å². The monoisotopic (exact) mass is 446 g/mol. The topological polar surface area (TPSA) is 102 Å². The fourth-order valence-corrected chi connectivity index (χ4v) is 3.61. The molecule has 1 aliphatic heterocycles. The molecule has 2 aromatic carbocycles. The lowest BCUT2D eigenvalue weighted by atomic mass is 10.1. The fraction of sp³-hybridized carbons (Fsp3) is 0.333. The standard InChI is InChI=1S/C24H26N6O3/c1-32-24-28-21(16-2-4-17(5-3-16)22(31)25-18-6-7-18)27-23(29-24)26-19-8-10-20(11-9-19)30-12-14-33-15-13-30/h2-5,8-11,18H,6-7,12-15H2,1H3,(H,25,31)(H,26,27,28,29). The maximum absolute atomic E-state index is 12.2. The van der Waals surface area contributed by atoms with Crippen molar-refractivity contribution >= 4 is 23.2 Å². The molecule has 3 aromatic rings. The second-order valence-electron chi connectivity index (χ2n) is 8.07. The SMILES string of the molecule is COc1nc(Nc2ccc(N3CCOCC3)cc2)nc(-c2ccc(C(=O)NC3CC3)cc2)n1. The molecule has 0 spiro atoms. The summed E-state index contributed by atoms with van der Waals surface area (Å²) in [6.45, 7) is 3.28. The van der Waals surface area contributed by atoms with Crippen molar-refractivity contribution in [2.75, 3.05) is 43.6 Å². The third-order valence-corrected chi connectivity index (χ3v) is 5.62. The lowest BCUT2D eigenvalue weighted by Crippen LogP contribution is -2.36. The Morgan fingerprint density at radius 1 is 1.00 bits per heavy atom. The van der Waals surface area contributed by atoms with Gasteiger partial charge in [0.05, 0.1) is 20.3 Å². The van der Waals surface area contributed by atoms with Gasteiger partial charge in [-0.1, -0.05) is 12.1 Å². The van der Waals surface area contributed by atoms with Crippen molar-refractivity contribution in [3.63, 3.8) is 0 Å². The molecule has 2 fully saturated rings. The number of methoxy groups -OCH3 is 1. The van der Waals surface area contributed by atoms with Gasteiger partial charge in [-0.2, -0.15) is 15.0 Å². The van der Waals surface area contributed by atoms with E-state index in [1.807, 2.05) is 24.3 Å². The highest BCUT2D eigenvalue weighted by Gasteiger charge is 2.23. The van der Waals surface area contributed by atoms with Crippen LogP contribution in [0.3, 0.4) is 0 Å². The predicted octanol–water partition coefficient (Wildman–Crippen LogP) is 3.02. The number of nitrogens with one attached hydrogen (secondary N) is 2. The smallest absolute Gasteiger partial charge is 0.321 e. The molecule has 2 N–H and O–H groups in total. The average Bonchev–Trinajstić information content (AvgIpc) is 3.69. The molecule has 1 saturated heterocycles. The third kappa shape index (κ3) is 5.20. The highest BCUT2D eigenvalue weighted by molar-refractivity contribution is 5.95. The van der Waals surface area contributed by atoms with Crippen LogP contribution in [0.5, 0.6) is 6.01 Å². The van der Waals surface area contributed by atoms with Gasteiger partial charge >= 0.3 is 6.01 Å². The number of rotatable bonds is 7. The first-order valence-electron chi connectivity index (χ1n) is 11.1.